The summed E-state index contributed by atoms with van der Waals surface area (Å²) in [5.41, 5.74) is 12.0. The first-order valence-electron chi connectivity index (χ1n) is 17.1. The van der Waals surface area contributed by atoms with Crippen LogP contribution in [0.15, 0.2) is 65.2 Å². The lowest BCUT2D eigenvalue weighted by atomic mass is 10.1. The van der Waals surface area contributed by atoms with Crippen molar-refractivity contribution in [3.05, 3.63) is 71.5 Å². The van der Waals surface area contributed by atoms with Gasteiger partial charge in [-0.1, -0.05) is 10.3 Å². The molecule has 3 aromatic rings. The Morgan fingerprint density at radius 2 is 1.24 bits per heavy atom. The number of carbonyl (C=O) groups excluding carboxylic acids is 5. The summed E-state index contributed by atoms with van der Waals surface area (Å²) in [6, 6.07) is 10.7. The van der Waals surface area contributed by atoms with Crippen LogP contribution in [0.25, 0.3) is 0 Å². The van der Waals surface area contributed by atoms with E-state index >= 15 is 0 Å². The maximum Gasteiger partial charge on any atom is 0.407 e. The van der Waals surface area contributed by atoms with E-state index in [1.165, 1.54) is 56.6 Å². The maximum absolute atomic E-state index is 13.8. The van der Waals surface area contributed by atoms with Gasteiger partial charge in [-0.3, -0.25) is 9.59 Å². The third-order valence-electron chi connectivity index (χ3n) is 7.34. The van der Waals surface area contributed by atoms with E-state index < -0.39 is 23.6 Å². The lowest BCUT2D eigenvalue weighted by Crippen LogP contribution is -2.50. The van der Waals surface area contributed by atoms with Crippen molar-refractivity contribution in [2.24, 2.45) is 21.8 Å². The maximum atomic E-state index is 13.8. The SMILES string of the molecule is CC(=O)ON=C(N)c1ccc(Oc2cc(Oc3ccc(C(N)=NOC(C)=O)cn3)cc(C(=O)N3CCN(C(=O)CCCNC(=O)OC(C)(C)C)CC3)c2)nc1. The van der Waals surface area contributed by atoms with Crippen molar-refractivity contribution in [3.63, 3.8) is 0 Å². The smallest absolute Gasteiger partial charge is 0.407 e. The first kappa shape index (κ1) is 41.0. The Hall–Kier alpha value is -6.79. The van der Waals surface area contributed by atoms with Gasteiger partial charge in [0.05, 0.1) is 0 Å². The van der Waals surface area contributed by atoms with Crippen LogP contribution in [0.2, 0.25) is 0 Å². The van der Waals surface area contributed by atoms with Gasteiger partial charge in [0.2, 0.25) is 17.7 Å². The minimum Gasteiger partial charge on any atom is -0.444 e. The molecular formula is C36H43N9O10. The summed E-state index contributed by atoms with van der Waals surface area (Å²) in [5.74, 6) is -1.17. The van der Waals surface area contributed by atoms with Gasteiger partial charge in [0.1, 0.15) is 17.1 Å². The molecule has 1 fully saturated rings. The van der Waals surface area contributed by atoms with Gasteiger partial charge in [-0.05, 0) is 51.5 Å². The van der Waals surface area contributed by atoms with Crippen molar-refractivity contribution in [2.75, 3.05) is 32.7 Å². The Morgan fingerprint density at radius 3 is 1.67 bits per heavy atom. The molecule has 0 radical (unpaired) electrons. The lowest BCUT2D eigenvalue weighted by molar-refractivity contribution is -0.141. The lowest BCUT2D eigenvalue weighted by Gasteiger charge is -2.35. The van der Waals surface area contributed by atoms with Crippen LogP contribution in [-0.4, -0.2) is 99.6 Å². The summed E-state index contributed by atoms with van der Waals surface area (Å²) in [6.45, 7) is 9.17. The number of hydrogen-bond acceptors (Lipinski definition) is 14. The van der Waals surface area contributed by atoms with E-state index in [9.17, 15) is 24.0 Å². The fraction of sp³-hybridized carbons (Fsp3) is 0.361. The number of ether oxygens (including phenoxy) is 3. The zero-order chi connectivity index (χ0) is 40.1. The number of benzene rings is 1. The molecule has 2 aromatic heterocycles. The molecule has 4 rings (SSSR count). The third kappa shape index (κ3) is 13.3. The van der Waals surface area contributed by atoms with Crippen LogP contribution in [0.4, 0.5) is 4.79 Å². The van der Waals surface area contributed by atoms with Crippen molar-refractivity contribution in [3.8, 4) is 23.3 Å². The first-order chi connectivity index (χ1) is 26.1. The van der Waals surface area contributed by atoms with E-state index in [1.807, 2.05) is 0 Å². The molecule has 0 atom stereocenters. The number of pyridine rings is 2. The van der Waals surface area contributed by atoms with E-state index in [2.05, 4.69) is 35.3 Å². The van der Waals surface area contributed by atoms with Crippen molar-refractivity contribution in [1.29, 1.82) is 0 Å². The van der Waals surface area contributed by atoms with Gasteiger partial charge in [-0.25, -0.2) is 24.4 Å². The van der Waals surface area contributed by atoms with Crippen molar-refractivity contribution >= 4 is 41.5 Å². The Kier molecular flexibility index (Phi) is 14.0. The molecule has 1 aliphatic heterocycles. The van der Waals surface area contributed by atoms with Gasteiger partial charge in [-0.2, -0.15) is 0 Å². The van der Waals surface area contributed by atoms with Crippen LogP contribution in [0, 0.1) is 0 Å². The van der Waals surface area contributed by atoms with E-state index in [-0.39, 0.29) is 78.4 Å². The predicted molar refractivity (Wildman–Crippen MR) is 196 cm³/mol. The molecule has 1 saturated heterocycles. The fourth-order valence-corrected chi connectivity index (χ4v) is 4.82. The number of nitrogens with two attached hydrogens (primary N) is 2. The topological polar surface area (TPSA) is 253 Å². The number of piperazine rings is 1. The molecule has 5 N–H and O–H groups in total. The molecule has 19 heteroatoms. The van der Waals surface area contributed by atoms with E-state index in [0.29, 0.717) is 30.6 Å². The molecule has 1 aromatic carbocycles. The van der Waals surface area contributed by atoms with E-state index in [0.717, 1.165) is 0 Å². The van der Waals surface area contributed by atoms with Crippen molar-refractivity contribution < 1.29 is 47.9 Å². The average molecular weight is 762 g/mol. The quantitative estimate of drug-likeness (QED) is 0.0745. The number of rotatable bonds is 13. The molecule has 3 heterocycles. The van der Waals surface area contributed by atoms with Gasteiger partial charge < -0.3 is 50.5 Å². The molecule has 3 amide bonds. The standard InChI is InChI=1S/C36H43N9O10/c1-22(46)54-42-32(37)24-8-10-29(40-20-24)51-27-17-26(18-28(19-27)52-30-11-9-25(21-41-30)33(38)43-55-23(2)47)34(49)45-15-13-44(14-16-45)31(48)7-6-12-39-35(50)53-36(3,4)5/h8-11,17-21H,6-7,12-16H2,1-5H3,(H2,37,42)(H2,38,43)(H,39,50). The average Bonchev–Trinajstić information content (AvgIpc) is 3.14. The summed E-state index contributed by atoms with van der Waals surface area (Å²) in [4.78, 5) is 81.6. The Balaban J connectivity index is 1.46. The fourth-order valence-electron chi connectivity index (χ4n) is 4.82. The highest BCUT2D eigenvalue weighted by Gasteiger charge is 2.26. The third-order valence-corrected chi connectivity index (χ3v) is 7.34. The molecule has 0 unspecified atom stereocenters. The summed E-state index contributed by atoms with van der Waals surface area (Å²) in [5, 5.41) is 9.72. The highest BCUT2D eigenvalue weighted by Crippen LogP contribution is 2.30. The highest BCUT2D eigenvalue weighted by molar-refractivity contribution is 5.98. The minimum absolute atomic E-state index is 0.0764. The number of oxime groups is 2. The van der Waals surface area contributed by atoms with Gasteiger partial charge in [0, 0.05) is 100 Å². The molecule has 0 saturated carbocycles. The Morgan fingerprint density at radius 1 is 0.745 bits per heavy atom. The largest absolute Gasteiger partial charge is 0.444 e. The molecule has 0 bridgehead atoms. The van der Waals surface area contributed by atoms with Crippen LogP contribution in [0.3, 0.4) is 0 Å². The number of carbonyl (C=O) groups is 5. The number of nitrogens with zero attached hydrogens (tertiary/aromatic N) is 6. The van der Waals surface area contributed by atoms with Gasteiger partial charge >= 0.3 is 18.0 Å². The van der Waals surface area contributed by atoms with Crippen LogP contribution in [0.5, 0.6) is 23.3 Å². The molecule has 1 aliphatic rings. The number of aromatic nitrogens is 2. The number of amides is 3. The second-order valence-corrected chi connectivity index (χ2v) is 13.0. The summed E-state index contributed by atoms with van der Waals surface area (Å²) >= 11 is 0. The second kappa shape index (κ2) is 18.8. The summed E-state index contributed by atoms with van der Waals surface area (Å²) < 4.78 is 17.2. The normalized spacial score (nSPS) is 13.4. The van der Waals surface area contributed by atoms with Crippen molar-refractivity contribution in [2.45, 2.75) is 53.1 Å². The van der Waals surface area contributed by atoms with Crippen LogP contribution < -0.4 is 26.3 Å². The van der Waals surface area contributed by atoms with Gasteiger partial charge in [-0.15, -0.1) is 0 Å². The number of hydrogen-bond donors (Lipinski definition) is 3. The van der Waals surface area contributed by atoms with Crippen LogP contribution in [-0.2, 0) is 28.8 Å². The first-order valence-corrected chi connectivity index (χ1v) is 17.1. The zero-order valence-corrected chi connectivity index (χ0v) is 31.1. The molecule has 55 heavy (non-hydrogen) atoms. The van der Waals surface area contributed by atoms with Crippen LogP contribution in [0.1, 0.15) is 68.9 Å². The highest BCUT2D eigenvalue weighted by atomic mass is 16.7. The Labute approximate surface area is 316 Å². The van der Waals surface area contributed by atoms with E-state index in [4.69, 9.17) is 25.7 Å². The zero-order valence-electron chi connectivity index (χ0n) is 31.1. The van der Waals surface area contributed by atoms with Gasteiger partial charge in [0.15, 0.2) is 11.7 Å². The molecule has 19 nitrogen and oxygen atoms in total. The predicted octanol–water partition coefficient (Wildman–Crippen LogP) is 3.02. The number of amidine groups is 2. The Bertz CT molecular complexity index is 1820. The second-order valence-electron chi connectivity index (χ2n) is 13.0. The van der Waals surface area contributed by atoms with Crippen molar-refractivity contribution in [1.82, 2.24) is 25.1 Å². The molecular weight excluding hydrogens is 718 g/mol. The number of alkyl carbamates (subject to hydrolysis) is 1. The van der Waals surface area contributed by atoms with Crippen LogP contribution >= 0.6 is 0 Å². The molecule has 0 aliphatic carbocycles. The minimum atomic E-state index is -0.636. The number of nitrogens with one attached hydrogen (secondary N) is 1. The van der Waals surface area contributed by atoms with Gasteiger partial charge in [0.25, 0.3) is 5.91 Å². The summed E-state index contributed by atoms with van der Waals surface area (Å²) in [7, 11) is 0. The summed E-state index contributed by atoms with van der Waals surface area (Å²) in [6.07, 6.45) is 2.85. The molecule has 292 valence electrons. The molecule has 0 spiro atoms. The monoisotopic (exact) mass is 761 g/mol. The van der Waals surface area contributed by atoms with E-state index in [1.54, 1.807) is 42.7 Å².